The van der Waals surface area contributed by atoms with Crippen molar-refractivity contribution in [2.24, 2.45) is 10.8 Å². The zero-order valence-corrected chi connectivity index (χ0v) is 7.31. The van der Waals surface area contributed by atoms with Gasteiger partial charge < -0.3 is 0 Å². The smallest absolute Gasteiger partial charge is 0.00860 e. The quantitative estimate of drug-likeness (QED) is 0.480. The molecule has 0 radical (unpaired) electrons. The normalized spacial score (nSPS) is 26.8. The molecule has 0 aromatic rings. The molecule has 0 aromatic heterocycles. The maximum absolute atomic E-state index is 2.27. The van der Waals surface area contributed by atoms with E-state index in [1.165, 1.54) is 0 Å². The molecule has 56 valence electrons. The van der Waals surface area contributed by atoms with Gasteiger partial charge in [0.25, 0.3) is 0 Å². The molecule has 0 nitrogen and oxygen atoms in total. The second kappa shape index (κ2) is 1.98. The van der Waals surface area contributed by atoms with Gasteiger partial charge >= 0.3 is 0 Å². The van der Waals surface area contributed by atoms with Crippen molar-refractivity contribution in [2.75, 3.05) is 0 Å². The molecular weight excluding hydrogens is 120 g/mol. The number of hydrogen-bond donors (Lipinski definition) is 0. The molecule has 10 heavy (non-hydrogen) atoms. The van der Waals surface area contributed by atoms with Crippen molar-refractivity contribution < 1.29 is 0 Å². The van der Waals surface area contributed by atoms with Crippen LogP contribution in [0.2, 0.25) is 0 Å². The molecule has 0 saturated carbocycles. The Balaban J connectivity index is 2.96. The highest BCUT2D eigenvalue weighted by atomic mass is 14.4. The van der Waals surface area contributed by atoms with Gasteiger partial charge in [-0.25, -0.2) is 0 Å². The summed E-state index contributed by atoms with van der Waals surface area (Å²) >= 11 is 0. The zero-order valence-electron chi connectivity index (χ0n) is 7.31. The van der Waals surface area contributed by atoms with Crippen LogP contribution in [0, 0.1) is 10.8 Å². The van der Waals surface area contributed by atoms with Crippen molar-refractivity contribution in [3.05, 3.63) is 24.3 Å². The highest BCUT2D eigenvalue weighted by Crippen LogP contribution is 2.42. The van der Waals surface area contributed by atoms with Crippen molar-refractivity contribution in [1.82, 2.24) is 0 Å². The van der Waals surface area contributed by atoms with E-state index in [-0.39, 0.29) is 0 Å². The Kier molecular flexibility index (Phi) is 1.50. The fourth-order valence-electron chi connectivity index (χ4n) is 1.02. The van der Waals surface area contributed by atoms with Crippen LogP contribution in [0.15, 0.2) is 24.3 Å². The standard InChI is InChI=1S/C10H16/c1-9(2)7-5-6-8-10(9,3)4/h5-8H,1-4H3. The van der Waals surface area contributed by atoms with Crippen LogP contribution in [0.1, 0.15) is 27.7 Å². The maximum atomic E-state index is 2.27. The fourth-order valence-corrected chi connectivity index (χ4v) is 1.02. The molecule has 0 bridgehead atoms. The Morgan fingerprint density at radius 1 is 0.700 bits per heavy atom. The summed E-state index contributed by atoms with van der Waals surface area (Å²) in [6.45, 7) is 9.08. The maximum Gasteiger partial charge on any atom is -0.00860 e. The second-order valence-corrected chi connectivity index (χ2v) is 4.16. The summed E-state index contributed by atoms with van der Waals surface area (Å²) in [5.41, 5.74) is 0.615. The predicted octanol–water partition coefficient (Wildman–Crippen LogP) is 3.16. The minimum absolute atomic E-state index is 0.307. The van der Waals surface area contributed by atoms with Crippen molar-refractivity contribution >= 4 is 0 Å². The van der Waals surface area contributed by atoms with Crippen LogP contribution in [0.5, 0.6) is 0 Å². The van der Waals surface area contributed by atoms with Crippen LogP contribution in [0.4, 0.5) is 0 Å². The molecule has 1 aliphatic rings. The predicted molar refractivity (Wildman–Crippen MR) is 45.8 cm³/mol. The first-order valence-electron chi connectivity index (χ1n) is 3.83. The summed E-state index contributed by atoms with van der Waals surface area (Å²) in [5, 5.41) is 0. The van der Waals surface area contributed by atoms with E-state index in [1.54, 1.807) is 0 Å². The van der Waals surface area contributed by atoms with Crippen LogP contribution in [0.3, 0.4) is 0 Å². The third-order valence-corrected chi connectivity index (χ3v) is 2.80. The van der Waals surface area contributed by atoms with Gasteiger partial charge in [0.2, 0.25) is 0 Å². The first-order chi connectivity index (χ1) is 4.46. The van der Waals surface area contributed by atoms with E-state index in [0.717, 1.165) is 0 Å². The Morgan fingerprint density at radius 2 is 1.00 bits per heavy atom. The highest BCUT2D eigenvalue weighted by molar-refractivity contribution is 5.21. The molecular formula is C10H16. The van der Waals surface area contributed by atoms with Gasteiger partial charge in [-0.2, -0.15) is 0 Å². The molecule has 0 fully saturated rings. The van der Waals surface area contributed by atoms with Gasteiger partial charge in [-0.3, -0.25) is 0 Å². The van der Waals surface area contributed by atoms with Gasteiger partial charge in [-0.1, -0.05) is 52.0 Å². The van der Waals surface area contributed by atoms with Crippen molar-refractivity contribution in [3.63, 3.8) is 0 Å². The van der Waals surface area contributed by atoms with E-state index in [4.69, 9.17) is 0 Å². The minimum Gasteiger partial charge on any atom is -0.0780 e. The van der Waals surface area contributed by atoms with Crippen molar-refractivity contribution in [3.8, 4) is 0 Å². The summed E-state index contributed by atoms with van der Waals surface area (Å²) in [4.78, 5) is 0. The van der Waals surface area contributed by atoms with E-state index >= 15 is 0 Å². The second-order valence-electron chi connectivity index (χ2n) is 4.16. The molecule has 0 atom stereocenters. The minimum atomic E-state index is 0.307. The highest BCUT2D eigenvalue weighted by Gasteiger charge is 2.33. The Morgan fingerprint density at radius 3 is 1.20 bits per heavy atom. The van der Waals surface area contributed by atoms with E-state index in [1.807, 2.05) is 0 Å². The molecule has 1 aliphatic carbocycles. The summed E-state index contributed by atoms with van der Waals surface area (Å²) in [6.07, 6.45) is 8.80. The van der Waals surface area contributed by atoms with Gasteiger partial charge in [-0.15, -0.1) is 0 Å². The molecule has 0 heteroatoms. The SMILES string of the molecule is CC1(C)C=CC=CC1(C)C. The van der Waals surface area contributed by atoms with E-state index < -0.39 is 0 Å². The number of rotatable bonds is 0. The zero-order chi connectivity index (χ0) is 7.83. The molecule has 0 N–H and O–H groups in total. The third-order valence-electron chi connectivity index (χ3n) is 2.80. The van der Waals surface area contributed by atoms with Crippen LogP contribution in [0.25, 0.3) is 0 Å². The van der Waals surface area contributed by atoms with Gasteiger partial charge in [0.15, 0.2) is 0 Å². The summed E-state index contributed by atoms with van der Waals surface area (Å²) in [6, 6.07) is 0. The van der Waals surface area contributed by atoms with Crippen LogP contribution in [-0.4, -0.2) is 0 Å². The van der Waals surface area contributed by atoms with Crippen molar-refractivity contribution in [2.45, 2.75) is 27.7 Å². The van der Waals surface area contributed by atoms with Crippen molar-refractivity contribution in [1.29, 1.82) is 0 Å². The van der Waals surface area contributed by atoms with Gasteiger partial charge in [0.05, 0.1) is 0 Å². The lowest BCUT2D eigenvalue weighted by atomic mass is 9.66. The van der Waals surface area contributed by atoms with Gasteiger partial charge in [0, 0.05) is 0 Å². The molecule has 0 saturated heterocycles. The first kappa shape index (κ1) is 7.59. The van der Waals surface area contributed by atoms with E-state index in [9.17, 15) is 0 Å². The largest absolute Gasteiger partial charge is 0.0780 e. The lowest BCUT2D eigenvalue weighted by Gasteiger charge is -2.38. The molecule has 0 spiro atoms. The summed E-state index contributed by atoms with van der Waals surface area (Å²) in [5.74, 6) is 0. The Labute approximate surface area is 63.6 Å². The third kappa shape index (κ3) is 1.03. The van der Waals surface area contributed by atoms with Crippen LogP contribution < -0.4 is 0 Å². The van der Waals surface area contributed by atoms with Gasteiger partial charge in [-0.05, 0) is 10.8 Å². The van der Waals surface area contributed by atoms with E-state index in [0.29, 0.717) is 10.8 Å². The van der Waals surface area contributed by atoms with E-state index in [2.05, 4.69) is 52.0 Å². The molecule has 0 heterocycles. The number of hydrogen-bond acceptors (Lipinski definition) is 0. The molecule has 0 amide bonds. The van der Waals surface area contributed by atoms with Gasteiger partial charge in [0.1, 0.15) is 0 Å². The average molecular weight is 136 g/mol. The lowest BCUT2D eigenvalue weighted by molar-refractivity contribution is 0.229. The Hall–Kier alpha value is -0.520. The molecule has 0 aliphatic heterocycles. The summed E-state index contributed by atoms with van der Waals surface area (Å²) < 4.78 is 0. The monoisotopic (exact) mass is 136 g/mol. The molecule has 0 unspecified atom stereocenters. The molecule has 0 aromatic carbocycles. The first-order valence-corrected chi connectivity index (χ1v) is 3.83. The average Bonchev–Trinajstić information content (AvgIpc) is 1.77. The fraction of sp³-hybridized carbons (Fsp3) is 0.600. The van der Waals surface area contributed by atoms with Crippen LogP contribution in [-0.2, 0) is 0 Å². The van der Waals surface area contributed by atoms with Crippen LogP contribution >= 0.6 is 0 Å². The topological polar surface area (TPSA) is 0 Å². The number of allylic oxidation sites excluding steroid dienone is 4. The Bertz CT molecular complexity index is 158. The summed E-state index contributed by atoms with van der Waals surface area (Å²) in [7, 11) is 0. The lowest BCUT2D eigenvalue weighted by Crippen LogP contribution is -2.29. The molecule has 1 rings (SSSR count).